The van der Waals surface area contributed by atoms with Crippen molar-refractivity contribution in [3.05, 3.63) is 69.9 Å². The SMILES string of the molecule is COc1cc([N+](=O)[O-])ccc1NC(=O)c1cnn(C)c1N(C)S(=O)(=O)c1ccc(C)cc1. The van der Waals surface area contributed by atoms with E-state index in [1.54, 1.807) is 12.1 Å². The van der Waals surface area contributed by atoms with Gasteiger partial charge in [0.05, 0.1) is 34.9 Å². The van der Waals surface area contributed by atoms with Crippen LogP contribution in [0.1, 0.15) is 15.9 Å². The Morgan fingerprint density at radius 2 is 1.88 bits per heavy atom. The minimum Gasteiger partial charge on any atom is -0.494 e. The fraction of sp³-hybridized carbons (Fsp3) is 0.200. The molecule has 168 valence electrons. The number of rotatable bonds is 7. The van der Waals surface area contributed by atoms with Gasteiger partial charge in [0.2, 0.25) is 0 Å². The number of ether oxygens (including phenoxy) is 1. The Balaban J connectivity index is 1.96. The molecule has 0 aliphatic heterocycles. The van der Waals surface area contributed by atoms with Crippen molar-refractivity contribution in [1.29, 1.82) is 0 Å². The first-order chi connectivity index (χ1) is 15.1. The summed E-state index contributed by atoms with van der Waals surface area (Å²) in [7, 11) is 0.189. The lowest BCUT2D eigenvalue weighted by Crippen LogP contribution is -2.30. The van der Waals surface area contributed by atoms with Crippen LogP contribution in [0.5, 0.6) is 5.75 Å². The number of carbonyl (C=O) groups is 1. The van der Waals surface area contributed by atoms with Crippen molar-refractivity contribution in [2.24, 2.45) is 7.05 Å². The van der Waals surface area contributed by atoms with Crippen LogP contribution >= 0.6 is 0 Å². The summed E-state index contributed by atoms with van der Waals surface area (Å²) in [5.41, 5.74) is 0.878. The molecule has 0 aliphatic carbocycles. The first-order valence-electron chi connectivity index (χ1n) is 9.27. The van der Waals surface area contributed by atoms with E-state index in [0.29, 0.717) is 0 Å². The number of benzene rings is 2. The summed E-state index contributed by atoms with van der Waals surface area (Å²) < 4.78 is 33.6. The van der Waals surface area contributed by atoms with E-state index in [1.165, 1.54) is 62.4 Å². The zero-order chi connectivity index (χ0) is 23.6. The van der Waals surface area contributed by atoms with E-state index in [1.807, 2.05) is 6.92 Å². The van der Waals surface area contributed by atoms with Crippen LogP contribution in [-0.2, 0) is 17.1 Å². The molecule has 3 rings (SSSR count). The van der Waals surface area contributed by atoms with Crippen molar-refractivity contribution in [2.45, 2.75) is 11.8 Å². The van der Waals surface area contributed by atoms with E-state index < -0.39 is 20.9 Å². The standard InChI is InChI=1S/C20H21N5O6S/c1-13-5-8-15(9-6-13)32(29,30)24(3)20-16(12-21-23(20)2)19(26)22-17-10-7-14(25(27)28)11-18(17)31-4/h5-12H,1-4H3,(H,22,26). The van der Waals surface area contributed by atoms with Gasteiger partial charge in [-0.25, -0.2) is 8.42 Å². The van der Waals surface area contributed by atoms with Crippen molar-refractivity contribution in [3.8, 4) is 5.75 Å². The number of aromatic nitrogens is 2. The number of aryl methyl sites for hydroxylation is 2. The highest BCUT2D eigenvalue weighted by molar-refractivity contribution is 7.92. The van der Waals surface area contributed by atoms with Gasteiger partial charge in [0, 0.05) is 20.2 Å². The van der Waals surface area contributed by atoms with Gasteiger partial charge < -0.3 is 10.1 Å². The van der Waals surface area contributed by atoms with Crippen LogP contribution in [0.4, 0.5) is 17.2 Å². The summed E-state index contributed by atoms with van der Waals surface area (Å²) >= 11 is 0. The lowest BCUT2D eigenvalue weighted by Gasteiger charge is -2.21. The second kappa shape index (κ2) is 8.67. The van der Waals surface area contributed by atoms with Crippen LogP contribution in [-0.4, -0.2) is 43.2 Å². The van der Waals surface area contributed by atoms with E-state index in [-0.39, 0.29) is 33.4 Å². The van der Waals surface area contributed by atoms with Gasteiger partial charge in [-0.15, -0.1) is 0 Å². The smallest absolute Gasteiger partial charge is 0.273 e. The van der Waals surface area contributed by atoms with Crippen molar-refractivity contribution < 1.29 is 22.9 Å². The molecule has 0 saturated carbocycles. The Morgan fingerprint density at radius 3 is 2.47 bits per heavy atom. The average molecular weight is 459 g/mol. The second-order valence-electron chi connectivity index (χ2n) is 6.89. The Morgan fingerprint density at radius 1 is 1.22 bits per heavy atom. The van der Waals surface area contributed by atoms with E-state index in [2.05, 4.69) is 10.4 Å². The van der Waals surface area contributed by atoms with Gasteiger partial charge in [-0.2, -0.15) is 5.10 Å². The molecular weight excluding hydrogens is 438 g/mol. The van der Waals surface area contributed by atoms with E-state index >= 15 is 0 Å². The van der Waals surface area contributed by atoms with Crippen molar-refractivity contribution in [2.75, 3.05) is 23.8 Å². The maximum atomic E-state index is 13.1. The number of nitrogens with zero attached hydrogens (tertiary/aromatic N) is 4. The molecule has 1 aromatic heterocycles. The van der Waals surface area contributed by atoms with Gasteiger partial charge in [0.15, 0.2) is 5.82 Å². The fourth-order valence-corrected chi connectivity index (χ4v) is 4.27. The van der Waals surface area contributed by atoms with Crippen LogP contribution in [0.2, 0.25) is 0 Å². The minimum atomic E-state index is -3.97. The summed E-state index contributed by atoms with van der Waals surface area (Å²) in [5, 5.41) is 17.6. The highest BCUT2D eigenvalue weighted by atomic mass is 32.2. The van der Waals surface area contributed by atoms with E-state index in [4.69, 9.17) is 4.74 Å². The summed E-state index contributed by atoms with van der Waals surface area (Å²) in [6.07, 6.45) is 1.24. The topological polar surface area (TPSA) is 137 Å². The first-order valence-corrected chi connectivity index (χ1v) is 10.7. The van der Waals surface area contributed by atoms with Crippen LogP contribution in [0, 0.1) is 17.0 Å². The largest absolute Gasteiger partial charge is 0.494 e. The van der Waals surface area contributed by atoms with Gasteiger partial charge in [-0.05, 0) is 25.1 Å². The van der Waals surface area contributed by atoms with Gasteiger partial charge in [0.1, 0.15) is 11.3 Å². The summed E-state index contributed by atoms with van der Waals surface area (Å²) in [4.78, 5) is 23.4. The molecule has 12 heteroatoms. The number of methoxy groups -OCH3 is 1. The molecule has 0 atom stereocenters. The number of nitro groups is 1. The monoisotopic (exact) mass is 459 g/mol. The number of non-ortho nitro benzene ring substituents is 1. The van der Waals surface area contributed by atoms with Crippen LogP contribution in [0.15, 0.2) is 53.6 Å². The maximum absolute atomic E-state index is 13.1. The van der Waals surface area contributed by atoms with E-state index in [0.717, 1.165) is 9.87 Å². The highest BCUT2D eigenvalue weighted by Gasteiger charge is 2.29. The third-order valence-corrected chi connectivity index (χ3v) is 6.54. The van der Waals surface area contributed by atoms with Crippen LogP contribution in [0.3, 0.4) is 0 Å². The average Bonchev–Trinajstić information content (AvgIpc) is 3.14. The number of sulfonamides is 1. The molecule has 1 heterocycles. The molecule has 0 aliphatic rings. The third kappa shape index (κ3) is 4.25. The van der Waals surface area contributed by atoms with Crippen molar-refractivity contribution >= 4 is 33.1 Å². The van der Waals surface area contributed by atoms with Gasteiger partial charge in [0.25, 0.3) is 21.6 Å². The lowest BCUT2D eigenvalue weighted by molar-refractivity contribution is -0.384. The summed E-state index contributed by atoms with van der Waals surface area (Å²) in [6, 6.07) is 10.1. The number of nitro benzene ring substituents is 1. The first kappa shape index (κ1) is 22.7. The molecule has 0 radical (unpaired) electrons. The molecule has 32 heavy (non-hydrogen) atoms. The predicted octanol–water partition coefficient (Wildman–Crippen LogP) is 2.72. The summed E-state index contributed by atoms with van der Waals surface area (Å²) in [5.74, 6) is -0.534. The van der Waals surface area contributed by atoms with Crippen LogP contribution < -0.4 is 14.4 Å². The third-order valence-electron chi connectivity index (χ3n) is 4.77. The predicted molar refractivity (Wildman–Crippen MR) is 118 cm³/mol. The molecule has 0 unspecified atom stereocenters. The maximum Gasteiger partial charge on any atom is 0.273 e. The van der Waals surface area contributed by atoms with Crippen molar-refractivity contribution in [1.82, 2.24) is 9.78 Å². The zero-order valence-electron chi connectivity index (χ0n) is 17.8. The molecule has 1 amide bonds. The van der Waals surface area contributed by atoms with Gasteiger partial charge in [-0.3, -0.25) is 23.9 Å². The normalized spacial score (nSPS) is 11.1. The molecule has 3 aromatic rings. The Kier molecular flexibility index (Phi) is 6.16. The van der Waals surface area contributed by atoms with Gasteiger partial charge >= 0.3 is 0 Å². The van der Waals surface area contributed by atoms with Crippen LogP contribution in [0.25, 0.3) is 0 Å². The second-order valence-corrected chi connectivity index (χ2v) is 8.86. The Labute approximate surface area is 184 Å². The minimum absolute atomic E-state index is 0.00825. The number of nitrogens with one attached hydrogen (secondary N) is 1. The number of hydrogen-bond acceptors (Lipinski definition) is 7. The highest BCUT2D eigenvalue weighted by Crippen LogP contribution is 2.31. The molecule has 0 fully saturated rings. The zero-order valence-corrected chi connectivity index (χ0v) is 18.6. The molecule has 0 saturated heterocycles. The quantitative estimate of drug-likeness (QED) is 0.424. The van der Waals surface area contributed by atoms with Gasteiger partial charge in [-0.1, -0.05) is 17.7 Å². The van der Waals surface area contributed by atoms with E-state index in [9.17, 15) is 23.3 Å². The Bertz CT molecular complexity index is 1280. The number of carbonyl (C=O) groups excluding carboxylic acids is 1. The molecule has 1 N–H and O–H groups in total. The molecule has 2 aromatic carbocycles. The number of amides is 1. The number of hydrogen-bond donors (Lipinski definition) is 1. The molecular formula is C20H21N5O6S. The molecule has 11 nitrogen and oxygen atoms in total. The molecule has 0 spiro atoms. The summed E-state index contributed by atoms with van der Waals surface area (Å²) in [6.45, 7) is 1.84. The fourth-order valence-electron chi connectivity index (χ4n) is 3.03. The molecule has 0 bridgehead atoms. The Hall–Kier alpha value is -3.93. The lowest BCUT2D eigenvalue weighted by atomic mass is 10.2. The van der Waals surface area contributed by atoms with Crippen molar-refractivity contribution in [3.63, 3.8) is 0 Å². The number of anilines is 2.